The Kier molecular flexibility index (Phi) is 4.64. The summed E-state index contributed by atoms with van der Waals surface area (Å²) in [6, 6.07) is 3.84. The molecule has 0 atom stereocenters. The number of nitrogens with zero attached hydrogens (tertiary/aromatic N) is 1. The second kappa shape index (κ2) is 6.62. The van der Waals surface area contributed by atoms with Gasteiger partial charge in [0.1, 0.15) is 6.54 Å². The number of amides is 3. The molecule has 0 aromatic heterocycles. The molecule has 1 heterocycles. The Hall–Kier alpha value is -2.58. The minimum Gasteiger partial charge on any atom is -0.322 e. The van der Waals surface area contributed by atoms with Crippen molar-refractivity contribution < 1.29 is 27.6 Å². The van der Waals surface area contributed by atoms with Crippen LogP contribution in [0.25, 0.3) is 0 Å². The standard InChI is InChI=1S/C16H7Cl2F3N2O3/c17-8-3-6-7(4-9(8)18)16(26)23(15(6)25)5-12(24)22-11-2-1-10(19)13(20)14(11)21/h1-4H,5H2,(H,22,24). The van der Waals surface area contributed by atoms with Crippen LogP contribution in [0.5, 0.6) is 0 Å². The predicted octanol–water partition coefficient (Wildman–Crippen LogP) is 3.65. The van der Waals surface area contributed by atoms with Gasteiger partial charge in [-0.3, -0.25) is 19.3 Å². The molecule has 2 aromatic carbocycles. The van der Waals surface area contributed by atoms with E-state index in [0.29, 0.717) is 11.0 Å². The van der Waals surface area contributed by atoms with Crippen LogP contribution in [0, 0.1) is 17.5 Å². The van der Waals surface area contributed by atoms with Gasteiger partial charge in [-0.05, 0) is 24.3 Å². The van der Waals surface area contributed by atoms with Gasteiger partial charge in [-0.25, -0.2) is 13.2 Å². The molecular weight excluding hydrogens is 396 g/mol. The van der Waals surface area contributed by atoms with E-state index in [4.69, 9.17) is 23.2 Å². The molecule has 1 N–H and O–H groups in total. The lowest BCUT2D eigenvalue weighted by molar-refractivity contribution is -0.116. The average molecular weight is 403 g/mol. The highest BCUT2D eigenvalue weighted by Crippen LogP contribution is 2.31. The predicted molar refractivity (Wildman–Crippen MR) is 86.8 cm³/mol. The van der Waals surface area contributed by atoms with E-state index in [9.17, 15) is 27.6 Å². The molecule has 0 spiro atoms. The van der Waals surface area contributed by atoms with Crippen LogP contribution in [-0.2, 0) is 4.79 Å². The topological polar surface area (TPSA) is 66.5 Å². The van der Waals surface area contributed by atoms with Gasteiger partial charge in [-0.1, -0.05) is 23.2 Å². The van der Waals surface area contributed by atoms with Gasteiger partial charge in [0.25, 0.3) is 11.8 Å². The molecule has 3 amide bonds. The van der Waals surface area contributed by atoms with Crippen LogP contribution in [-0.4, -0.2) is 29.2 Å². The molecular formula is C16H7Cl2F3N2O3. The minimum atomic E-state index is -1.76. The summed E-state index contributed by atoms with van der Waals surface area (Å²) in [5, 5.41) is 2.09. The van der Waals surface area contributed by atoms with E-state index in [2.05, 4.69) is 0 Å². The zero-order valence-corrected chi connectivity index (χ0v) is 14.1. The normalized spacial score (nSPS) is 13.2. The van der Waals surface area contributed by atoms with Gasteiger partial charge in [0.05, 0.1) is 26.9 Å². The third kappa shape index (κ3) is 3.02. The summed E-state index contributed by atoms with van der Waals surface area (Å²) < 4.78 is 39.7. The van der Waals surface area contributed by atoms with Crippen molar-refractivity contribution >= 4 is 46.6 Å². The van der Waals surface area contributed by atoms with Gasteiger partial charge in [0.15, 0.2) is 17.5 Å². The zero-order chi connectivity index (χ0) is 19.2. The number of hydrogen-bond acceptors (Lipinski definition) is 3. The van der Waals surface area contributed by atoms with Crippen LogP contribution in [0.15, 0.2) is 24.3 Å². The van der Waals surface area contributed by atoms with Crippen LogP contribution >= 0.6 is 23.2 Å². The van der Waals surface area contributed by atoms with Crippen molar-refractivity contribution in [3.05, 3.63) is 62.9 Å². The summed E-state index contributed by atoms with van der Waals surface area (Å²) in [6.07, 6.45) is 0. The molecule has 1 aliphatic heterocycles. The van der Waals surface area contributed by atoms with E-state index in [-0.39, 0.29) is 21.2 Å². The van der Waals surface area contributed by atoms with Gasteiger partial charge in [-0.2, -0.15) is 0 Å². The summed E-state index contributed by atoms with van der Waals surface area (Å²) in [5.74, 6) is -7.34. The first-order valence-electron chi connectivity index (χ1n) is 6.99. The largest absolute Gasteiger partial charge is 0.322 e. The molecule has 3 rings (SSSR count). The number of carbonyl (C=O) groups excluding carboxylic acids is 3. The van der Waals surface area contributed by atoms with Crippen molar-refractivity contribution in [3.63, 3.8) is 0 Å². The fourth-order valence-electron chi connectivity index (χ4n) is 2.38. The number of carbonyl (C=O) groups is 3. The SMILES string of the molecule is O=C(CN1C(=O)c2cc(Cl)c(Cl)cc2C1=O)Nc1ccc(F)c(F)c1F. The van der Waals surface area contributed by atoms with Crippen molar-refractivity contribution in [2.24, 2.45) is 0 Å². The van der Waals surface area contributed by atoms with Gasteiger partial charge in [0, 0.05) is 0 Å². The Morgan fingerprint density at radius 1 is 0.962 bits per heavy atom. The molecule has 0 radical (unpaired) electrons. The maximum absolute atomic E-state index is 13.6. The van der Waals surface area contributed by atoms with Gasteiger partial charge in [-0.15, -0.1) is 0 Å². The molecule has 26 heavy (non-hydrogen) atoms. The highest BCUT2D eigenvalue weighted by Gasteiger charge is 2.37. The fourth-order valence-corrected chi connectivity index (χ4v) is 2.71. The van der Waals surface area contributed by atoms with Crippen LogP contribution in [0.4, 0.5) is 18.9 Å². The van der Waals surface area contributed by atoms with E-state index >= 15 is 0 Å². The van der Waals surface area contributed by atoms with Gasteiger partial charge < -0.3 is 5.32 Å². The third-order valence-corrected chi connectivity index (χ3v) is 4.34. The van der Waals surface area contributed by atoms with E-state index in [1.54, 1.807) is 0 Å². The monoisotopic (exact) mass is 402 g/mol. The molecule has 134 valence electrons. The highest BCUT2D eigenvalue weighted by molar-refractivity contribution is 6.43. The maximum Gasteiger partial charge on any atom is 0.262 e. The third-order valence-electron chi connectivity index (χ3n) is 3.62. The van der Waals surface area contributed by atoms with Crippen molar-refractivity contribution in [2.75, 3.05) is 11.9 Å². The van der Waals surface area contributed by atoms with Crippen LogP contribution < -0.4 is 5.32 Å². The van der Waals surface area contributed by atoms with Gasteiger partial charge in [0.2, 0.25) is 5.91 Å². The number of nitrogens with one attached hydrogen (secondary N) is 1. The number of benzene rings is 2. The molecule has 10 heteroatoms. The molecule has 0 saturated carbocycles. The second-order valence-electron chi connectivity index (χ2n) is 5.28. The molecule has 2 aromatic rings. The summed E-state index contributed by atoms with van der Waals surface area (Å²) in [4.78, 5) is 37.1. The summed E-state index contributed by atoms with van der Waals surface area (Å²) in [5.41, 5.74) is -0.691. The quantitative estimate of drug-likeness (QED) is 0.629. The van der Waals surface area contributed by atoms with Crippen molar-refractivity contribution in [3.8, 4) is 0 Å². The van der Waals surface area contributed by atoms with Crippen LogP contribution in [0.2, 0.25) is 10.0 Å². The first kappa shape index (κ1) is 18.2. The molecule has 0 saturated heterocycles. The fraction of sp³-hybridized carbons (Fsp3) is 0.0625. The Labute approximate surface area is 154 Å². The lowest BCUT2D eigenvalue weighted by Gasteiger charge is -2.14. The number of imide groups is 1. The van der Waals surface area contributed by atoms with Crippen molar-refractivity contribution in [2.45, 2.75) is 0 Å². The Morgan fingerprint density at radius 2 is 1.50 bits per heavy atom. The number of anilines is 1. The molecule has 5 nitrogen and oxygen atoms in total. The number of halogens is 5. The first-order chi connectivity index (χ1) is 12.2. The number of rotatable bonds is 3. The average Bonchev–Trinajstić information content (AvgIpc) is 2.81. The van der Waals surface area contributed by atoms with Gasteiger partial charge >= 0.3 is 0 Å². The second-order valence-corrected chi connectivity index (χ2v) is 6.09. The smallest absolute Gasteiger partial charge is 0.262 e. The summed E-state index contributed by atoms with van der Waals surface area (Å²) >= 11 is 11.6. The Balaban J connectivity index is 1.80. The van der Waals surface area contributed by atoms with E-state index in [0.717, 1.165) is 6.07 Å². The lowest BCUT2D eigenvalue weighted by Crippen LogP contribution is -2.37. The number of hydrogen-bond donors (Lipinski definition) is 1. The van der Waals surface area contributed by atoms with Crippen LogP contribution in [0.3, 0.4) is 0 Å². The maximum atomic E-state index is 13.6. The Bertz CT molecular complexity index is 941. The molecule has 1 aliphatic rings. The molecule has 0 fully saturated rings. The Morgan fingerprint density at radius 3 is 2.04 bits per heavy atom. The summed E-state index contributed by atoms with van der Waals surface area (Å²) in [6.45, 7) is -0.764. The van der Waals surface area contributed by atoms with E-state index in [1.807, 2.05) is 5.32 Å². The number of fused-ring (bicyclic) bond motifs is 1. The van der Waals surface area contributed by atoms with Crippen molar-refractivity contribution in [1.29, 1.82) is 0 Å². The lowest BCUT2D eigenvalue weighted by atomic mass is 10.1. The zero-order valence-electron chi connectivity index (χ0n) is 12.6. The molecule has 0 bridgehead atoms. The minimum absolute atomic E-state index is 0.0313. The first-order valence-corrected chi connectivity index (χ1v) is 7.75. The molecule has 0 unspecified atom stereocenters. The highest BCUT2D eigenvalue weighted by atomic mass is 35.5. The summed E-state index contributed by atoms with van der Waals surface area (Å²) in [7, 11) is 0. The van der Waals surface area contributed by atoms with Crippen molar-refractivity contribution in [1.82, 2.24) is 4.90 Å². The van der Waals surface area contributed by atoms with Crippen LogP contribution in [0.1, 0.15) is 20.7 Å². The molecule has 0 aliphatic carbocycles. The van der Waals surface area contributed by atoms with E-state index < -0.39 is 47.4 Å². The van der Waals surface area contributed by atoms with E-state index in [1.165, 1.54) is 12.1 Å².